The molecule has 1 saturated carbocycles. The van der Waals surface area contributed by atoms with Gasteiger partial charge in [0.15, 0.2) is 23.4 Å². The number of hydrogen-bond acceptors (Lipinski definition) is 7. The number of hydrogen-bond donors (Lipinski definition) is 1. The van der Waals surface area contributed by atoms with E-state index in [0.717, 1.165) is 22.1 Å². The number of carbonyl (C=O) groups excluding carboxylic acids is 1. The molecule has 1 atom stereocenters. The van der Waals surface area contributed by atoms with Gasteiger partial charge in [0.25, 0.3) is 5.91 Å². The summed E-state index contributed by atoms with van der Waals surface area (Å²) in [6.07, 6.45) is -2.71. The van der Waals surface area contributed by atoms with Gasteiger partial charge in [-0.1, -0.05) is 11.6 Å². The number of carbonyl (C=O) groups is 1. The van der Waals surface area contributed by atoms with E-state index in [1.54, 1.807) is 24.1 Å². The van der Waals surface area contributed by atoms with Crippen LogP contribution in [0.2, 0.25) is 5.02 Å². The fraction of sp³-hybridized carbons (Fsp3) is 0.360. The van der Waals surface area contributed by atoms with Gasteiger partial charge in [-0.25, -0.2) is 24.1 Å². The maximum absolute atomic E-state index is 13.1. The Morgan fingerprint density at radius 2 is 1.90 bits per heavy atom. The molecule has 0 saturated heterocycles. The largest absolute Gasteiger partial charge is 0.416 e. The first-order valence-electron chi connectivity index (χ1n) is 12.3. The summed E-state index contributed by atoms with van der Waals surface area (Å²) in [7, 11) is 1.71. The van der Waals surface area contributed by atoms with E-state index in [-0.39, 0.29) is 29.8 Å². The summed E-state index contributed by atoms with van der Waals surface area (Å²) in [6.45, 7) is -0.716. The molecule has 15 heteroatoms. The van der Waals surface area contributed by atoms with Crippen molar-refractivity contribution in [2.75, 3.05) is 13.6 Å². The topological polar surface area (TPSA) is 124 Å². The normalized spacial score (nSPS) is 14.3. The molecule has 11 nitrogen and oxygen atoms in total. The number of pyridine rings is 1. The second-order valence-electron chi connectivity index (χ2n) is 9.54. The highest BCUT2D eigenvalue weighted by molar-refractivity contribution is 6.30. The van der Waals surface area contributed by atoms with Gasteiger partial charge in [-0.2, -0.15) is 13.2 Å². The van der Waals surface area contributed by atoms with E-state index in [1.165, 1.54) is 41.5 Å². The van der Waals surface area contributed by atoms with Crippen LogP contribution in [0.1, 0.15) is 29.2 Å². The van der Waals surface area contributed by atoms with Crippen molar-refractivity contribution in [1.29, 1.82) is 0 Å². The van der Waals surface area contributed by atoms with Crippen molar-refractivity contribution in [3.63, 3.8) is 0 Å². The number of halogens is 4. The van der Waals surface area contributed by atoms with Crippen molar-refractivity contribution in [1.82, 2.24) is 39.0 Å². The van der Waals surface area contributed by atoms with Crippen LogP contribution in [0.4, 0.5) is 13.2 Å². The molecular formula is C25H24ClF3N8O3. The average Bonchev–Trinajstić information content (AvgIpc) is 3.53. The van der Waals surface area contributed by atoms with Crippen molar-refractivity contribution >= 4 is 17.5 Å². The highest BCUT2D eigenvalue weighted by Crippen LogP contribution is 2.30. The molecule has 1 amide bonds. The van der Waals surface area contributed by atoms with Crippen molar-refractivity contribution in [3.05, 3.63) is 75.9 Å². The smallest absolute Gasteiger partial charge is 0.382 e. The SMILES string of the molecule is CN(CC1CC1)C(=O)c1ncccc1-n1cnc(Cn2nc(-c3ccc(Cl)cc3)n(CC(O)C(F)(F)F)c2=O)n1. The summed E-state index contributed by atoms with van der Waals surface area (Å²) in [4.78, 5) is 36.2. The van der Waals surface area contributed by atoms with Crippen LogP contribution in [0, 0.1) is 5.92 Å². The van der Waals surface area contributed by atoms with Gasteiger partial charge >= 0.3 is 11.9 Å². The number of alkyl halides is 3. The third-order valence-electron chi connectivity index (χ3n) is 6.40. The van der Waals surface area contributed by atoms with E-state index in [0.29, 0.717) is 28.7 Å². The summed E-state index contributed by atoms with van der Waals surface area (Å²) >= 11 is 5.92. The number of aliphatic hydroxyl groups excluding tert-OH is 1. The first kappa shape index (κ1) is 27.5. The van der Waals surface area contributed by atoms with Crippen molar-refractivity contribution < 1.29 is 23.1 Å². The molecule has 3 aromatic heterocycles. The Hall–Kier alpha value is -4.04. The summed E-state index contributed by atoms with van der Waals surface area (Å²) in [5, 5.41) is 18.6. The maximum Gasteiger partial charge on any atom is 0.416 e. The second-order valence-corrected chi connectivity index (χ2v) is 9.98. The molecule has 1 fully saturated rings. The van der Waals surface area contributed by atoms with Crippen LogP contribution in [0.5, 0.6) is 0 Å². The van der Waals surface area contributed by atoms with Gasteiger partial charge in [0.2, 0.25) is 0 Å². The zero-order valence-corrected chi connectivity index (χ0v) is 21.9. The fourth-order valence-electron chi connectivity index (χ4n) is 4.12. The third-order valence-corrected chi connectivity index (χ3v) is 6.65. The van der Waals surface area contributed by atoms with E-state index in [9.17, 15) is 27.9 Å². The van der Waals surface area contributed by atoms with Crippen molar-refractivity contribution in [2.45, 2.75) is 38.2 Å². The Kier molecular flexibility index (Phi) is 7.47. The molecule has 1 unspecified atom stereocenters. The zero-order valence-electron chi connectivity index (χ0n) is 21.2. The minimum Gasteiger partial charge on any atom is -0.382 e. The molecule has 5 rings (SSSR count). The van der Waals surface area contributed by atoms with Crippen LogP contribution < -0.4 is 5.69 Å². The Bertz CT molecular complexity index is 1580. The van der Waals surface area contributed by atoms with Gasteiger partial charge in [0.05, 0.1) is 12.2 Å². The van der Waals surface area contributed by atoms with Crippen LogP contribution in [0.25, 0.3) is 17.1 Å². The number of nitrogens with zero attached hydrogens (tertiary/aromatic N) is 8. The van der Waals surface area contributed by atoms with Crippen LogP contribution >= 0.6 is 11.6 Å². The van der Waals surface area contributed by atoms with Crippen LogP contribution in [-0.2, 0) is 13.1 Å². The minimum atomic E-state index is -4.94. The molecule has 1 aliphatic rings. The van der Waals surface area contributed by atoms with Gasteiger partial charge in [0, 0.05) is 30.4 Å². The Balaban J connectivity index is 1.44. The first-order valence-corrected chi connectivity index (χ1v) is 12.7. The molecule has 3 heterocycles. The predicted octanol–water partition coefficient (Wildman–Crippen LogP) is 2.79. The summed E-state index contributed by atoms with van der Waals surface area (Å²) in [5.74, 6) is 0.236. The Morgan fingerprint density at radius 1 is 1.18 bits per heavy atom. The van der Waals surface area contributed by atoms with E-state index in [1.807, 2.05) is 0 Å². The lowest BCUT2D eigenvalue weighted by Gasteiger charge is -2.17. The van der Waals surface area contributed by atoms with Gasteiger partial charge < -0.3 is 10.0 Å². The molecule has 40 heavy (non-hydrogen) atoms. The van der Waals surface area contributed by atoms with E-state index in [2.05, 4.69) is 20.2 Å². The monoisotopic (exact) mass is 576 g/mol. The van der Waals surface area contributed by atoms with Crippen LogP contribution in [0.15, 0.2) is 53.7 Å². The third kappa shape index (κ3) is 5.92. The highest BCUT2D eigenvalue weighted by Gasteiger charge is 2.39. The second kappa shape index (κ2) is 10.8. The quantitative estimate of drug-likeness (QED) is 0.325. The minimum absolute atomic E-state index is 0.0942. The summed E-state index contributed by atoms with van der Waals surface area (Å²) in [5.41, 5.74) is -0.0258. The average molecular weight is 577 g/mol. The predicted molar refractivity (Wildman–Crippen MR) is 137 cm³/mol. The fourth-order valence-corrected chi connectivity index (χ4v) is 4.24. The van der Waals surface area contributed by atoms with E-state index in [4.69, 9.17) is 11.6 Å². The van der Waals surface area contributed by atoms with E-state index >= 15 is 0 Å². The summed E-state index contributed by atoms with van der Waals surface area (Å²) in [6, 6.07) is 9.30. The molecule has 1 aromatic carbocycles. The lowest BCUT2D eigenvalue weighted by atomic mass is 10.2. The molecule has 0 bridgehead atoms. The highest BCUT2D eigenvalue weighted by atomic mass is 35.5. The van der Waals surface area contributed by atoms with Crippen molar-refractivity contribution in [3.8, 4) is 17.1 Å². The van der Waals surface area contributed by atoms with Crippen LogP contribution in [-0.4, -0.2) is 75.9 Å². The zero-order chi connectivity index (χ0) is 28.6. The molecular weight excluding hydrogens is 553 g/mol. The molecule has 0 aliphatic heterocycles. The lowest BCUT2D eigenvalue weighted by Crippen LogP contribution is -2.37. The lowest BCUT2D eigenvalue weighted by molar-refractivity contribution is -0.207. The van der Waals surface area contributed by atoms with Gasteiger partial charge in [-0.3, -0.25) is 9.36 Å². The van der Waals surface area contributed by atoms with Gasteiger partial charge in [0.1, 0.15) is 12.9 Å². The van der Waals surface area contributed by atoms with Gasteiger partial charge in [-0.15, -0.1) is 10.2 Å². The Morgan fingerprint density at radius 3 is 2.58 bits per heavy atom. The molecule has 0 radical (unpaired) electrons. The number of aromatic nitrogens is 7. The van der Waals surface area contributed by atoms with Crippen molar-refractivity contribution in [2.24, 2.45) is 5.92 Å². The number of amides is 1. The van der Waals surface area contributed by atoms with Crippen LogP contribution in [0.3, 0.4) is 0 Å². The summed E-state index contributed by atoms with van der Waals surface area (Å²) < 4.78 is 42.3. The Labute approximate surface area is 230 Å². The molecule has 0 spiro atoms. The molecule has 1 N–H and O–H groups in total. The molecule has 4 aromatic rings. The number of rotatable bonds is 9. The van der Waals surface area contributed by atoms with Gasteiger partial charge in [-0.05, 0) is 55.2 Å². The first-order chi connectivity index (χ1) is 19.0. The van der Waals surface area contributed by atoms with E-state index < -0.39 is 24.5 Å². The molecule has 1 aliphatic carbocycles. The maximum atomic E-state index is 13.1. The molecule has 210 valence electrons. The number of benzene rings is 1. The standard InChI is InChI=1S/C25H24ClF3N8O3/c1-34(11-15-4-5-15)23(39)21-18(3-2-10-30-21)37-14-31-20(32-37)13-36-24(40)35(12-19(38)25(27,28)29)22(33-36)16-6-8-17(26)9-7-16/h2-3,6-10,14-15,19,38H,4-5,11-13H2,1H3. The number of aliphatic hydroxyl groups is 1.